The fourth-order valence-electron chi connectivity index (χ4n) is 2.40. The van der Waals surface area contributed by atoms with Gasteiger partial charge >= 0.3 is 0 Å². The molecule has 19 heavy (non-hydrogen) atoms. The Morgan fingerprint density at radius 1 is 1.58 bits per heavy atom. The van der Waals surface area contributed by atoms with Crippen molar-refractivity contribution in [3.8, 4) is 0 Å². The predicted octanol–water partition coefficient (Wildman–Crippen LogP) is 1.33. The van der Waals surface area contributed by atoms with E-state index in [0.717, 1.165) is 25.3 Å². The van der Waals surface area contributed by atoms with Crippen molar-refractivity contribution in [3.05, 3.63) is 23.8 Å². The van der Waals surface area contributed by atoms with Gasteiger partial charge in [-0.2, -0.15) is 0 Å². The van der Waals surface area contributed by atoms with Crippen LogP contribution < -0.4 is 10.6 Å². The molecular weight excluding hydrogens is 240 g/mol. The molecule has 0 bridgehead atoms. The summed E-state index contributed by atoms with van der Waals surface area (Å²) in [4.78, 5) is 20.4. The van der Waals surface area contributed by atoms with Crippen LogP contribution in [0.25, 0.3) is 0 Å². The van der Waals surface area contributed by atoms with Crippen molar-refractivity contribution >= 4 is 5.91 Å². The van der Waals surface area contributed by atoms with E-state index in [2.05, 4.69) is 20.6 Å². The van der Waals surface area contributed by atoms with Crippen LogP contribution in [-0.2, 0) is 0 Å². The molecule has 0 aliphatic carbocycles. The highest BCUT2D eigenvalue weighted by Crippen LogP contribution is 2.15. The lowest BCUT2D eigenvalue weighted by Crippen LogP contribution is -2.38. The van der Waals surface area contributed by atoms with Crippen molar-refractivity contribution in [1.29, 1.82) is 0 Å². The van der Waals surface area contributed by atoms with Crippen LogP contribution in [0.3, 0.4) is 0 Å². The van der Waals surface area contributed by atoms with Crippen LogP contribution in [-0.4, -0.2) is 35.5 Å². The molecule has 0 aromatic carbocycles. The van der Waals surface area contributed by atoms with Gasteiger partial charge in [0.15, 0.2) is 0 Å². The van der Waals surface area contributed by atoms with Crippen LogP contribution in [0.15, 0.2) is 12.5 Å². The first-order chi connectivity index (χ1) is 9.18. The highest BCUT2D eigenvalue weighted by atomic mass is 16.1. The third-order valence-electron chi connectivity index (χ3n) is 3.48. The summed E-state index contributed by atoms with van der Waals surface area (Å²) in [6, 6.07) is 0. The van der Waals surface area contributed by atoms with Crippen LogP contribution in [0.2, 0.25) is 0 Å². The molecule has 0 radical (unpaired) electrons. The third kappa shape index (κ3) is 3.73. The molecule has 1 aliphatic heterocycles. The van der Waals surface area contributed by atoms with Gasteiger partial charge in [-0.1, -0.05) is 13.8 Å². The SMILES string of the molecule is CC(C)c1ncncc1C(=O)NCC1CCCNC1. The summed E-state index contributed by atoms with van der Waals surface area (Å²) in [6.45, 7) is 6.86. The Morgan fingerprint density at radius 3 is 3.11 bits per heavy atom. The van der Waals surface area contributed by atoms with E-state index in [1.54, 1.807) is 6.20 Å². The third-order valence-corrected chi connectivity index (χ3v) is 3.48. The molecule has 2 N–H and O–H groups in total. The number of hydrogen-bond donors (Lipinski definition) is 2. The quantitative estimate of drug-likeness (QED) is 0.859. The smallest absolute Gasteiger partial charge is 0.254 e. The van der Waals surface area contributed by atoms with Crippen LogP contribution in [0.1, 0.15) is 48.7 Å². The predicted molar refractivity (Wildman–Crippen MR) is 74.0 cm³/mol. The van der Waals surface area contributed by atoms with Gasteiger partial charge in [-0.15, -0.1) is 0 Å². The summed E-state index contributed by atoms with van der Waals surface area (Å²) in [7, 11) is 0. The van der Waals surface area contributed by atoms with Gasteiger partial charge in [0.1, 0.15) is 6.33 Å². The Morgan fingerprint density at radius 2 is 2.42 bits per heavy atom. The zero-order valence-electron chi connectivity index (χ0n) is 11.6. The topological polar surface area (TPSA) is 66.9 Å². The molecule has 0 spiro atoms. The van der Waals surface area contributed by atoms with E-state index < -0.39 is 0 Å². The summed E-state index contributed by atoms with van der Waals surface area (Å²) < 4.78 is 0. The molecule has 5 heteroatoms. The first-order valence-electron chi connectivity index (χ1n) is 6.97. The molecule has 1 aromatic rings. The summed E-state index contributed by atoms with van der Waals surface area (Å²) >= 11 is 0. The van der Waals surface area contributed by atoms with Gasteiger partial charge in [0.05, 0.1) is 11.3 Å². The molecule has 1 saturated heterocycles. The van der Waals surface area contributed by atoms with Crippen molar-refractivity contribution in [2.24, 2.45) is 5.92 Å². The van der Waals surface area contributed by atoms with E-state index in [9.17, 15) is 4.79 Å². The maximum Gasteiger partial charge on any atom is 0.254 e. The van der Waals surface area contributed by atoms with E-state index in [-0.39, 0.29) is 11.8 Å². The normalized spacial score (nSPS) is 19.4. The van der Waals surface area contributed by atoms with Gasteiger partial charge in [0, 0.05) is 12.7 Å². The average molecular weight is 262 g/mol. The van der Waals surface area contributed by atoms with Crippen LogP contribution in [0.5, 0.6) is 0 Å². The molecule has 1 atom stereocenters. The summed E-state index contributed by atoms with van der Waals surface area (Å²) in [5.41, 5.74) is 1.41. The minimum absolute atomic E-state index is 0.0603. The van der Waals surface area contributed by atoms with Gasteiger partial charge in [0.2, 0.25) is 0 Å². The number of rotatable bonds is 4. The number of aromatic nitrogens is 2. The molecular formula is C14H22N4O. The zero-order chi connectivity index (χ0) is 13.7. The number of nitrogens with zero attached hydrogens (tertiary/aromatic N) is 2. The van der Waals surface area contributed by atoms with Crippen LogP contribution in [0.4, 0.5) is 0 Å². The van der Waals surface area contributed by atoms with Crippen molar-refractivity contribution in [2.45, 2.75) is 32.6 Å². The fraction of sp³-hybridized carbons (Fsp3) is 0.643. The van der Waals surface area contributed by atoms with Crippen LogP contribution >= 0.6 is 0 Å². The van der Waals surface area contributed by atoms with Crippen molar-refractivity contribution in [3.63, 3.8) is 0 Å². The number of carbonyl (C=O) groups is 1. The standard InChI is InChI=1S/C14H22N4O/c1-10(2)13-12(8-16-9-18-13)14(19)17-7-11-4-3-5-15-6-11/h8-11,15H,3-7H2,1-2H3,(H,17,19). The van der Waals surface area contributed by atoms with Crippen molar-refractivity contribution in [1.82, 2.24) is 20.6 Å². The van der Waals surface area contributed by atoms with E-state index in [1.165, 1.54) is 19.2 Å². The first-order valence-corrected chi connectivity index (χ1v) is 6.97. The Kier molecular flexibility index (Phi) is 4.85. The Hall–Kier alpha value is -1.49. The Bertz CT molecular complexity index is 427. The van der Waals surface area contributed by atoms with Crippen molar-refractivity contribution in [2.75, 3.05) is 19.6 Å². The molecule has 1 aliphatic rings. The van der Waals surface area contributed by atoms with Crippen molar-refractivity contribution < 1.29 is 4.79 Å². The molecule has 1 unspecified atom stereocenters. The lowest BCUT2D eigenvalue weighted by Gasteiger charge is -2.23. The fourth-order valence-corrected chi connectivity index (χ4v) is 2.40. The number of amides is 1. The summed E-state index contributed by atoms with van der Waals surface area (Å²) in [6.07, 6.45) is 5.47. The Labute approximate surface area is 114 Å². The van der Waals surface area contributed by atoms with Gasteiger partial charge < -0.3 is 10.6 Å². The van der Waals surface area contributed by atoms with Gasteiger partial charge in [-0.05, 0) is 37.8 Å². The van der Waals surface area contributed by atoms with Crippen LogP contribution in [0, 0.1) is 5.92 Å². The molecule has 2 heterocycles. The lowest BCUT2D eigenvalue weighted by atomic mass is 9.99. The Balaban J connectivity index is 1.95. The maximum absolute atomic E-state index is 12.2. The minimum Gasteiger partial charge on any atom is -0.352 e. The molecule has 1 aromatic heterocycles. The van der Waals surface area contributed by atoms with E-state index in [4.69, 9.17) is 0 Å². The molecule has 1 amide bonds. The van der Waals surface area contributed by atoms with Gasteiger partial charge in [-0.3, -0.25) is 4.79 Å². The average Bonchev–Trinajstić information content (AvgIpc) is 2.46. The number of piperidine rings is 1. The maximum atomic E-state index is 12.2. The molecule has 104 valence electrons. The second-order valence-corrected chi connectivity index (χ2v) is 5.40. The number of hydrogen-bond acceptors (Lipinski definition) is 4. The molecule has 0 saturated carbocycles. The highest BCUT2D eigenvalue weighted by Gasteiger charge is 2.18. The zero-order valence-corrected chi connectivity index (χ0v) is 11.6. The largest absolute Gasteiger partial charge is 0.352 e. The lowest BCUT2D eigenvalue weighted by molar-refractivity contribution is 0.0942. The van der Waals surface area contributed by atoms with E-state index in [0.29, 0.717) is 11.5 Å². The molecule has 5 nitrogen and oxygen atoms in total. The van der Waals surface area contributed by atoms with E-state index >= 15 is 0 Å². The van der Waals surface area contributed by atoms with E-state index in [1.807, 2.05) is 13.8 Å². The molecule has 1 fully saturated rings. The van der Waals surface area contributed by atoms with Gasteiger partial charge in [-0.25, -0.2) is 9.97 Å². The highest BCUT2D eigenvalue weighted by molar-refractivity contribution is 5.95. The van der Waals surface area contributed by atoms with Gasteiger partial charge in [0.25, 0.3) is 5.91 Å². The number of nitrogens with one attached hydrogen (secondary N) is 2. The second-order valence-electron chi connectivity index (χ2n) is 5.40. The monoisotopic (exact) mass is 262 g/mol. The molecule has 2 rings (SSSR count). The summed E-state index contributed by atoms with van der Waals surface area (Å²) in [5, 5.41) is 6.36. The summed E-state index contributed by atoms with van der Waals surface area (Å²) in [5.74, 6) is 0.694. The second kappa shape index (κ2) is 6.61. The number of carbonyl (C=O) groups excluding carboxylic acids is 1. The first kappa shape index (κ1) is 13.9. The minimum atomic E-state index is -0.0603.